The van der Waals surface area contributed by atoms with Gasteiger partial charge < -0.3 is 5.32 Å². The lowest BCUT2D eigenvalue weighted by atomic mass is 9.57. The summed E-state index contributed by atoms with van der Waals surface area (Å²) in [6.45, 7) is 0.589. The van der Waals surface area contributed by atoms with E-state index in [0.717, 1.165) is 17.8 Å². The second kappa shape index (κ2) is 3.83. The van der Waals surface area contributed by atoms with Crippen LogP contribution in [0.5, 0.6) is 0 Å². The van der Waals surface area contributed by atoms with Crippen molar-refractivity contribution in [2.45, 2.75) is 44.9 Å². The molecule has 1 N–H and O–H groups in total. The third-order valence-electron chi connectivity index (χ3n) is 5.28. The molecular formula is C14H23NO. The van der Waals surface area contributed by atoms with Crippen LogP contribution in [0.4, 0.5) is 0 Å². The lowest BCUT2D eigenvalue weighted by Crippen LogP contribution is -2.46. The molecule has 0 heterocycles. The van der Waals surface area contributed by atoms with Crippen LogP contribution >= 0.6 is 0 Å². The Morgan fingerprint density at radius 3 is 2.25 bits per heavy atom. The molecule has 4 saturated carbocycles. The average Bonchev–Trinajstić information content (AvgIpc) is 2.46. The predicted molar refractivity (Wildman–Crippen MR) is 64.2 cm³/mol. The Bertz CT molecular complexity index is 283. The lowest BCUT2D eigenvalue weighted by Gasteiger charge is -2.47. The van der Waals surface area contributed by atoms with Crippen molar-refractivity contribution in [1.82, 2.24) is 5.32 Å². The Morgan fingerprint density at radius 1 is 1.12 bits per heavy atom. The molecule has 4 fully saturated rings. The molecule has 0 aromatic carbocycles. The zero-order valence-corrected chi connectivity index (χ0v) is 10.3. The summed E-state index contributed by atoms with van der Waals surface area (Å²) in [6.07, 6.45) is 9.27. The average molecular weight is 221 g/mol. The second-order valence-corrected chi connectivity index (χ2v) is 6.49. The van der Waals surface area contributed by atoms with Gasteiger partial charge in [0, 0.05) is 5.41 Å². The summed E-state index contributed by atoms with van der Waals surface area (Å²) in [5, 5.41) is 3.06. The van der Waals surface area contributed by atoms with Crippen LogP contribution in [0.15, 0.2) is 0 Å². The first kappa shape index (κ1) is 10.8. The molecule has 0 saturated heterocycles. The van der Waals surface area contributed by atoms with Crippen molar-refractivity contribution < 1.29 is 4.79 Å². The van der Waals surface area contributed by atoms with Crippen molar-refractivity contribution in [3.8, 4) is 0 Å². The molecule has 0 amide bonds. The number of Topliss-reactive ketones (excluding diaryl/α,β-unsaturated/α-hetero) is 1. The summed E-state index contributed by atoms with van der Waals surface area (Å²) in [6, 6.07) is 0. The van der Waals surface area contributed by atoms with Gasteiger partial charge in [-0.1, -0.05) is 12.8 Å². The summed E-state index contributed by atoms with van der Waals surface area (Å²) >= 11 is 0. The molecule has 2 heteroatoms. The van der Waals surface area contributed by atoms with Crippen molar-refractivity contribution in [1.29, 1.82) is 0 Å². The van der Waals surface area contributed by atoms with Crippen LogP contribution in [0.1, 0.15) is 44.9 Å². The van der Waals surface area contributed by atoms with Gasteiger partial charge in [-0.2, -0.15) is 0 Å². The van der Waals surface area contributed by atoms with Crippen LogP contribution in [0.2, 0.25) is 0 Å². The van der Waals surface area contributed by atoms with E-state index in [1.165, 1.54) is 44.9 Å². The quantitative estimate of drug-likeness (QED) is 0.793. The monoisotopic (exact) mass is 221 g/mol. The number of nitrogens with one attached hydrogen (secondary N) is 1. The first-order chi connectivity index (χ1) is 7.72. The summed E-state index contributed by atoms with van der Waals surface area (Å²) in [7, 11) is 1.90. The van der Waals surface area contributed by atoms with Gasteiger partial charge in [0.15, 0.2) is 5.78 Å². The van der Waals surface area contributed by atoms with E-state index in [-0.39, 0.29) is 5.41 Å². The number of likely N-dealkylation sites (N-methyl/N-ethyl adjacent to an activating group) is 1. The highest BCUT2D eigenvalue weighted by atomic mass is 16.1. The minimum atomic E-state index is 0.0933. The summed E-state index contributed by atoms with van der Waals surface area (Å²) < 4.78 is 0. The van der Waals surface area contributed by atoms with E-state index >= 15 is 0 Å². The minimum absolute atomic E-state index is 0.0933. The molecule has 4 aliphatic rings. The molecule has 0 aromatic rings. The van der Waals surface area contributed by atoms with Gasteiger partial charge in [-0.05, 0) is 56.9 Å². The highest BCUT2D eigenvalue weighted by Gasteiger charge is 2.51. The smallest absolute Gasteiger partial charge is 0.152 e. The van der Waals surface area contributed by atoms with Gasteiger partial charge in [-0.3, -0.25) is 4.79 Å². The number of hydrogen-bond acceptors (Lipinski definition) is 2. The Morgan fingerprint density at radius 2 is 1.69 bits per heavy atom. The van der Waals surface area contributed by atoms with Crippen LogP contribution in [-0.2, 0) is 4.79 Å². The van der Waals surface area contributed by atoms with E-state index in [9.17, 15) is 4.79 Å². The molecule has 4 bridgehead atoms. The van der Waals surface area contributed by atoms with Gasteiger partial charge in [-0.25, -0.2) is 0 Å². The van der Waals surface area contributed by atoms with E-state index in [2.05, 4.69) is 5.32 Å². The molecule has 0 radical (unpaired) electrons. The SMILES string of the molecule is CNCC(=O)C12CC3CCC(CC(C3)C1)C2. The largest absolute Gasteiger partial charge is 0.313 e. The number of ketones is 1. The Hall–Kier alpha value is -0.370. The van der Waals surface area contributed by atoms with Crippen LogP contribution in [0, 0.1) is 23.2 Å². The number of fused-ring (bicyclic) bond motifs is 1. The number of hydrogen-bond donors (Lipinski definition) is 1. The van der Waals surface area contributed by atoms with Crippen LogP contribution in [-0.4, -0.2) is 19.4 Å². The van der Waals surface area contributed by atoms with E-state index in [4.69, 9.17) is 0 Å². The van der Waals surface area contributed by atoms with E-state index in [1.807, 2.05) is 7.05 Å². The van der Waals surface area contributed by atoms with Gasteiger partial charge in [0.1, 0.15) is 0 Å². The van der Waals surface area contributed by atoms with Crippen LogP contribution < -0.4 is 5.32 Å². The number of carbonyl (C=O) groups is 1. The van der Waals surface area contributed by atoms with Gasteiger partial charge in [0.25, 0.3) is 0 Å². The minimum Gasteiger partial charge on any atom is -0.313 e. The molecular weight excluding hydrogens is 198 g/mol. The van der Waals surface area contributed by atoms with E-state index in [1.54, 1.807) is 0 Å². The van der Waals surface area contributed by atoms with Gasteiger partial charge in [-0.15, -0.1) is 0 Å². The summed E-state index contributed by atoms with van der Waals surface area (Å²) in [5.74, 6) is 3.12. The van der Waals surface area contributed by atoms with Crippen molar-refractivity contribution in [2.24, 2.45) is 23.2 Å². The Labute approximate surface area is 98.2 Å². The van der Waals surface area contributed by atoms with Gasteiger partial charge in [0.2, 0.25) is 0 Å². The molecule has 2 nitrogen and oxygen atoms in total. The maximum absolute atomic E-state index is 12.4. The fourth-order valence-corrected chi connectivity index (χ4v) is 4.88. The molecule has 4 rings (SSSR count). The van der Waals surface area contributed by atoms with Crippen molar-refractivity contribution in [2.75, 3.05) is 13.6 Å². The third kappa shape index (κ3) is 1.62. The van der Waals surface area contributed by atoms with Crippen molar-refractivity contribution >= 4 is 5.78 Å². The lowest BCUT2D eigenvalue weighted by molar-refractivity contribution is -0.135. The standard InChI is InChI=1S/C14H23NO/c1-15-9-13(16)14-6-10-2-3-11(7-14)5-12(4-10)8-14/h10-12,15H,2-9H2,1H3. The fraction of sp³-hybridized carbons (Fsp3) is 0.929. The first-order valence-corrected chi connectivity index (χ1v) is 6.90. The van der Waals surface area contributed by atoms with E-state index < -0.39 is 0 Å². The third-order valence-corrected chi connectivity index (χ3v) is 5.28. The first-order valence-electron chi connectivity index (χ1n) is 6.90. The Kier molecular flexibility index (Phi) is 2.58. The molecule has 90 valence electrons. The molecule has 2 atom stereocenters. The van der Waals surface area contributed by atoms with Crippen LogP contribution in [0.25, 0.3) is 0 Å². The van der Waals surface area contributed by atoms with Gasteiger partial charge in [0.05, 0.1) is 6.54 Å². The predicted octanol–water partition coefficient (Wildman–Crippen LogP) is 2.38. The molecule has 4 aliphatic carbocycles. The Balaban J connectivity index is 1.87. The summed E-state index contributed by atoms with van der Waals surface area (Å²) in [5.41, 5.74) is 0.0933. The highest BCUT2D eigenvalue weighted by molar-refractivity contribution is 5.87. The molecule has 0 aliphatic heterocycles. The van der Waals surface area contributed by atoms with Crippen molar-refractivity contribution in [3.05, 3.63) is 0 Å². The second-order valence-electron chi connectivity index (χ2n) is 6.49. The maximum atomic E-state index is 12.4. The normalized spacial score (nSPS) is 45.7. The summed E-state index contributed by atoms with van der Waals surface area (Å²) in [4.78, 5) is 12.4. The van der Waals surface area contributed by atoms with E-state index in [0.29, 0.717) is 12.3 Å². The molecule has 16 heavy (non-hydrogen) atoms. The zero-order valence-electron chi connectivity index (χ0n) is 10.3. The molecule has 0 aromatic heterocycles. The molecule has 2 unspecified atom stereocenters. The molecule has 0 spiro atoms. The fourth-order valence-electron chi connectivity index (χ4n) is 4.88. The highest BCUT2D eigenvalue weighted by Crippen LogP contribution is 2.57. The topological polar surface area (TPSA) is 29.1 Å². The number of rotatable bonds is 3. The number of carbonyl (C=O) groups excluding carboxylic acids is 1. The van der Waals surface area contributed by atoms with Crippen LogP contribution in [0.3, 0.4) is 0 Å². The maximum Gasteiger partial charge on any atom is 0.152 e. The van der Waals surface area contributed by atoms with Crippen molar-refractivity contribution in [3.63, 3.8) is 0 Å². The van der Waals surface area contributed by atoms with Gasteiger partial charge >= 0.3 is 0 Å². The zero-order chi connectivity index (χ0) is 11.2.